The Morgan fingerprint density at radius 3 is 2.73 bits per heavy atom. The highest BCUT2D eigenvalue weighted by Gasteiger charge is 2.61. The van der Waals surface area contributed by atoms with Crippen molar-refractivity contribution in [3.8, 4) is 11.5 Å². The predicted molar refractivity (Wildman–Crippen MR) is 97.6 cm³/mol. The van der Waals surface area contributed by atoms with Gasteiger partial charge in [-0.15, -0.1) is 0 Å². The number of nitrogens with zero attached hydrogens (tertiary/aromatic N) is 1. The molecule has 2 aliphatic heterocycles. The topological polar surface area (TPSA) is 47.9 Å². The molecule has 1 unspecified atom stereocenters. The minimum atomic E-state index is -0.946. The highest BCUT2D eigenvalue weighted by Crippen LogP contribution is 2.64. The standard InChI is InChI=1S/C21H30NO4/c1-22(2)10-7-13-11-15(24-3)19-18-17(13)14(22)5-8-20(18)9-6-16(23)21(12-20,25-4)26-19/h11,14,16,23H,5-10,12H2,1-4H3/q+1/t14-,16+,20-,21?/m0/s1. The molecule has 26 heavy (non-hydrogen) atoms. The van der Waals surface area contributed by atoms with Crippen LogP contribution in [-0.4, -0.2) is 56.3 Å². The Bertz CT molecular complexity index is 776. The zero-order valence-corrected chi connectivity index (χ0v) is 16.3. The number of quaternary nitrogens is 1. The maximum absolute atomic E-state index is 10.7. The summed E-state index contributed by atoms with van der Waals surface area (Å²) >= 11 is 0. The molecule has 4 atom stereocenters. The summed E-state index contributed by atoms with van der Waals surface area (Å²) in [6.07, 6.45) is 5.26. The molecule has 5 rings (SSSR count). The average molecular weight is 360 g/mol. The van der Waals surface area contributed by atoms with Crippen molar-refractivity contribution in [2.45, 2.75) is 61.9 Å². The van der Waals surface area contributed by atoms with Crippen molar-refractivity contribution < 1.29 is 23.8 Å². The summed E-state index contributed by atoms with van der Waals surface area (Å²) in [7, 11) is 8.08. The molecule has 0 saturated heterocycles. The van der Waals surface area contributed by atoms with Gasteiger partial charge in [0.15, 0.2) is 11.5 Å². The van der Waals surface area contributed by atoms with Crippen LogP contribution in [0.3, 0.4) is 0 Å². The Morgan fingerprint density at radius 2 is 2.00 bits per heavy atom. The predicted octanol–water partition coefficient (Wildman–Crippen LogP) is 2.68. The second-order valence-corrected chi connectivity index (χ2v) is 9.29. The van der Waals surface area contributed by atoms with Crippen molar-refractivity contribution in [3.05, 3.63) is 22.8 Å². The van der Waals surface area contributed by atoms with Crippen LogP contribution >= 0.6 is 0 Å². The largest absolute Gasteiger partial charge is 0.493 e. The van der Waals surface area contributed by atoms with Crippen LogP contribution in [0.4, 0.5) is 0 Å². The lowest BCUT2D eigenvalue weighted by atomic mass is 9.56. The van der Waals surface area contributed by atoms with Gasteiger partial charge in [-0.25, -0.2) is 0 Å². The average Bonchev–Trinajstić information content (AvgIpc) is 2.63. The highest BCUT2D eigenvalue weighted by atomic mass is 16.7. The molecule has 2 aliphatic carbocycles. The highest BCUT2D eigenvalue weighted by molar-refractivity contribution is 5.62. The normalized spacial score (nSPS) is 39.0. The third-order valence-electron chi connectivity index (χ3n) is 7.76. The van der Waals surface area contributed by atoms with Gasteiger partial charge in [-0.3, -0.25) is 0 Å². The van der Waals surface area contributed by atoms with E-state index in [2.05, 4.69) is 20.2 Å². The SMILES string of the molecule is COc1cc2c3c4c1OC1(OC)C[C@@]4(CC[C@H]1O)CC[C@@H]3[N+](C)(C)CC2. The molecule has 0 radical (unpaired) electrons. The van der Waals surface area contributed by atoms with Crippen molar-refractivity contribution >= 4 is 0 Å². The molecule has 142 valence electrons. The Kier molecular flexibility index (Phi) is 3.34. The third kappa shape index (κ3) is 1.92. The molecule has 1 N–H and O–H groups in total. The first-order valence-electron chi connectivity index (χ1n) is 9.85. The minimum absolute atomic E-state index is 0.0370. The number of hydrogen-bond donors (Lipinski definition) is 1. The number of aliphatic hydroxyl groups is 1. The van der Waals surface area contributed by atoms with E-state index in [0.29, 0.717) is 6.04 Å². The van der Waals surface area contributed by atoms with Crippen molar-refractivity contribution in [2.75, 3.05) is 34.9 Å². The van der Waals surface area contributed by atoms with Crippen LogP contribution in [-0.2, 0) is 16.6 Å². The smallest absolute Gasteiger partial charge is 0.237 e. The van der Waals surface area contributed by atoms with Gasteiger partial charge in [0.05, 0.1) is 27.7 Å². The lowest BCUT2D eigenvalue weighted by molar-refractivity contribution is -0.924. The van der Waals surface area contributed by atoms with Crippen molar-refractivity contribution in [3.63, 3.8) is 0 Å². The molecule has 1 saturated carbocycles. The molecule has 1 aromatic carbocycles. The third-order valence-corrected chi connectivity index (χ3v) is 7.76. The lowest BCUT2D eigenvalue weighted by Gasteiger charge is -2.58. The molecule has 5 heteroatoms. The maximum Gasteiger partial charge on any atom is 0.237 e. The Hall–Kier alpha value is -1.30. The number of methoxy groups -OCH3 is 2. The van der Waals surface area contributed by atoms with E-state index in [1.54, 1.807) is 14.2 Å². The van der Waals surface area contributed by atoms with Crippen molar-refractivity contribution in [2.24, 2.45) is 0 Å². The van der Waals surface area contributed by atoms with E-state index < -0.39 is 11.9 Å². The van der Waals surface area contributed by atoms with Crippen LogP contribution in [0.25, 0.3) is 0 Å². The van der Waals surface area contributed by atoms with Gasteiger partial charge in [0, 0.05) is 42.9 Å². The molecule has 2 heterocycles. The lowest BCUT2D eigenvalue weighted by Crippen LogP contribution is -2.62. The molecular formula is C21H30NO4+. The Labute approximate surface area is 155 Å². The first kappa shape index (κ1) is 16.8. The molecule has 5 nitrogen and oxygen atoms in total. The summed E-state index contributed by atoms with van der Waals surface area (Å²) in [5.74, 6) is 0.675. The van der Waals surface area contributed by atoms with Crippen LogP contribution in [0.5, 0.6) is 11.5 Å². The van der Waals surface area contributed by atoms with E-state index in [0.717, 1.165) is 54.6 Å². The Morgan fingerprint density at radius 1 is 1.23 bits per heavy atom. The molecule has 1 fully saturated rings. The molecule has 4 aliphatic rings. The van der Waals surface area contributed by atoms with Gasteiger partial charge < -0.3 is 23.8 Å². The van der Waals surface area contributed by atoms with Crippen LogP contribution in [0, 0.1) is 0 Å². The summed E-state index contributed by atoms with van der Waals surface area (Å²) in [6, 6.07) is 2.70. The summed E-state index contributed by atoms with van der Waals surface area (Å²) in [5, 5.41) is 10.7. The fourth-order valence-electron chi connectivity index (χ4n) is 6.28. The fraction of sp³-hybridized carbons (Fsp3) is 0.714. The molecule has 1 aromatic rings. The van der Waals surface area contributed by atoms with Gasteiger partial charge in [-0.05, 0) is 30.9 Å². The summed E-state index contributed by atoms with van der Waals surface area (Å²) in [4.78, 5) is 0. The zero-order valence-electron chi connectivity index (χ0n) is 16.3. The fourth-order valence-corrected chi connectivity index (χ4v) is 6.28. The minimum Gasteiger partial charge on any atom is -0.493 e. The Balaban J connectivity index is 1.81. The number of likely N-dealkylation sites (N-methyl/N-ethyl adjacent to an activating group) is 1. The molecule has 1 spiro atoms. The molecule has 2 bridgehead atoms. The van der Waals surface area contributed by atoms with E-state index in [1.165, 1.54) is 23.1 Å². The van der Waals surface area contributed by atoms with Gasteiger partial charge in [-0.2, -0.15) is 0 Å². The monoisotopic (exact) mass is 360 g/mol. The van der Waals surface area contributed by atoms with E-state index in [4.69, 9.17) is 14.2 Å². The number of aliphatic hydroxyl groups excluding tert-OH is 1. The summed E-state index contributed by atoms with van der Waals surface area (Å²) < 4.78 is 19.1. The van der Waals surface area contributed by atoms with Gasteiger partial charge >= 0.3 is 0 Å². The number of ether oxygens (including phenoxy) is 3. The number of hydrogen-bond acceptors (Lipinski definition) is 4. The van der Waals surface area contributed by atoms with Gasteiger partial charge in [0.25, 0.3) is 0 Å². The quantitative estimate of drug-likeness (QED) is 0.824. The molecule has 0 aromatic heterocycles. The second kappa shape index (κ2) is 5.15. The molecular weight excluding hydrogens is 330 g/mol. The van der Waals surface area contributed by atoms with Crippen LogP contribution in [0.15, 0.2) is 6.07 Å². The van der Waals surface area contributed by atoms with Gasteiger partial charge in [0.2, 0.25) is 5.79 Å². The second-order valence-electron chi connectivity index (χ2n) is 9.29. The van der Waals surface area contributed by atoms with E-state index in [-0.39, 0.29) is 5.41 Å². The number of fused-ring (bicyclic) bond motifs is 1. The van der Waals surface area contributed by atoms with Crippen LogP contribution in [0.2, 0.25) is 0 Å². The van der Waals surface area contributed by atoms with Gasteiger partial charge in [0.1, 0.15) is 12.1 Å². The number of rotatable bonds is 2. The first-order valence-corrected chi connectivity index (χ1v) is 9.85. The zero-order chi connectivity index (χ0) is 18.3. The first-order chi connectivity index (χ1) is 12.4. The summed E-state index contributed by atoms with van der Waals surface area (Å²) in [5.41, 5.74) is 4.34. The van der Waals surface area contributed by atoms with Crippen molar-refractivity contribution in [1.29, 1.82) is 0 Å². The van der Waals surface area contributed by atoms with Crippen LogP contribution in [0.1, 0.15) is 54.8 Å². The van der Waals surface area contributed by atoms with Gasteiger partial charge in [-0.1, -0.05) is 0 Å². The summed E-state index contributed by atoms with van der Waals surface area (Å²) in [6.45, 7) is 1.16. The molecule has 0 amide bonds. The van der Waals surface area contributed by atoms with E-state index in [1.807, 2.05) is 0 Å². The maximum atomic E-state index is 10.7. The van der Waals surface area contributed by atoms with Crippen LogP contribution < -0.4 is 9.47 Å². The van der Waals surface area contributed by atoms with Crippen molar-refractivity contribution in [1.82, 2.24) is 0 Å². The number of benzene rings is 1. The van der Waals surface area contributed by atoms with E-state index >= 15 is 0 Å². The van der Waals surface area contributed by atoms with E-state index in [9.17, 15) is 5.11 Å².